The number of hydrogen-bond donors (Lipinski definition) is 2. The van der Waals surface area contributed by atoms with Crippen LogP contribution in [0.5, 0.6) is 5.75 Å². The third-order valence-electron chi connectivity index (χ3n) is 3.12. The van der Waals surface area contributed by atoms with Crippen molar-refractivity contribution in [2.24, 2.45) is 0 Å². The fraction of sp³-hybridized carbons (Fsp3) is 0.267. The minimum absolute atomic E-state index is 0.250. The number of thiophene rings is 1. The molecule has 0 aliphatic carbocycles. The molecule has 1 aromatic carbocycles. The van der Waals surface area contributed by atoms with Gasteiger partial charge in [-0.05, 0) is 35.6 Å². The van der Waals surface area contributed by atoms with Crippen LogP contribution >= 0.6 is 11.3 Å². The molecule has 1 heterocycles. The Morgan fingerprint density at radius 3 is 2.85 bits per heavy atom. The number of ether oxygens (including phenoxy) is 1. The number of hydrogen-bond acceptors (Lipinski definition) is 4. The van der Waals surface area contributed by atoms with E-state index < -0.39 is 5.97 Å². The predicted molar refractivity (Wildman–Crippen MR) is 81.0 cm³/mol. The molecule has 2 aromatic rings. The van der Waals surface area contributed by atoms with Gasteiger partial charge in [-0.3, -0.25) is 0 Å². The largest absolute Gasteiger partial charge is 0.497 e. The van der Waals surface area contributed by atoms with Crippen molar-refractivity contribution in [3.63, 3.8) is 0 Å². The second-order valence-electron chi connectivity index (χ2n) is 4.29. The van der Waals surface area contributed by atoms with Crippen LogP contribution in [0.15, 0.2) is 29.6 Å². The highest BCUT2D eigenvalue weighted by molar-refractivity contribution is 7.10. The Labute approximate surface area is 122 Å². The number of rotatable bonds is 6. The lowest BCUT2D eigenvalue weighted by Crippen LogP contribution is -2.06. The Kier molecular flexibility index (Phi) is 4.63. The summed E-state index contributed by atoms with van der Waals surface area (Å²) in [5.41, 5.74) is 2.12. The monoisotopic (exact) mass is 291 g/mol. The van der Waals surface area contributed by atoms with Crippen molar-refractivity contribution in [1.82, 2.24) is 0 Å². The first-order valence-corrected chi connectivity index (χ1v) is 7.24. The van der Waals surface area contributed by atoms with Gasteiger partial charge in [-0.15, -0.1) is 11.3 Å². The average Bonchev–Trinajstić information content (AvgIpc) is 2.91. The van der Waals surface area contributed by atoms with Crippen LogP contribution in [0.4, 0.5) is 5.69 Å². The molecule has 0 saturated heterocycles. The standard InChI is InChI=1S/C15H17NO3S/c1-3-10-6-7-20-14(10)9-16-13-8-11(19-2)4-5-12(13)15(17)18/h4-8,16H,3,9H2,1-2H3,(H,17,18). The summed E-state index contributed by atoms with van der Waals surface area (Å²) in [6.07, 6.45) is 0.977. The predicted octanol–water partition coefficient (Wildman–Crippen LogP) is 3.63. The minimum Gasteiger partial charge on any atom is -0.497 e. The summed E-state index contributed by atoms with van der Waals surface area (Å²) in [5, 5.41) is 14.5. The summed E-state index contributed by atoms with van der Waals surface area (Å²) < 4.78 is 5.14. The number of carboxylic acids is 1. The second-order valence-corrected chi connectivity index (χ2v) is 5.29. The molecular formula is C15H17NO3S. The van der Waals surface area contributed by atoms with Gasteiger partial charge in [0.05, 0.1) is 18.4 Å². The van der Waals surface area contributed by atoms with Gasteiger partial charge in [0, 0.05) is 17.5 Å². The topological polar surface area (TPSA) is 58.6 Å². The van der Waals surface area contributed by atoms with Gasteiger partial charge in [0.25, 0.3) is 0 Å². The van der Waals surface area contributed by atoms with Crippen LogP contribution in [0, 0.1) is 0 Å². The molecule has 106 valence electrons. The van der Waals surface area contributed by atoms with Crippen molar-refractivity contribution in [2.45, 2.75) is 19.9 Å². The van der Waals surface area contributed by atoms with Gasteiger partial charge < -0.3 is 15.2 Å². The van der Waals surface area contributed by atoms with E-state index in [0.29, 0.717) is 18.0 Å². The Morgan fingerprint density at radius 2 is 2.20 bits per heavy atom. The van der Waals surface area contributed by atoms with E-state index in [9.17, 15) is 9.90 Å². The maximum atomic E-state index is 11.2. The van der Waals surface area contributed by atoms with E-state index in [-0.39, 0.29) is 5.56 Å². The number of methoxy groups -OCH3 is 1. The molecule has 5 heteroatoms. The summed E-state index contributed by atoms with van der Waals surface area (Å²) in [4.78, 5) is 12.5. The van der Waals surface area contributed by atoms with Gasteiger partial charge >= 0.3 is 5.97 Å². The SMILES string of the molecule is CCc1ccsc1CNc1cc(OC)ccc1C(=O)O. The van der Waals surface area contributed by atoms with Gasteiger partial charge in [-0.2, -0.15) is 0 Å². The Hall–Kier alpha value is -2.01. The first-order valence-electron chi connectivity index (χ1n) is 6.36. The van der Waals surface area contributed by atoms with Crippen LogP contribution in [0.25, 0.3) is 0 Å². The van der Waals surface area contributed by atoms with Crippen molar-refractivity contribution >= 4 is 23.0 Å². The molecule has 0 aliphatic rings. The zero-order chi connectivity index (χ0) is 14.5. The molecular weight excluding hydrogens is 274 g/mol. The van der Waals surface area contributed by atoms with E-state index >= 15 is 0 Å². The van der Waals surface area contributed by atoms with E-state index in [1.165, 1.54) is 10.4 Å². The summed E-state index contributed by atoms with van der Waals surface area (Å²) >= 11 is 1.68. The summed E-state index contributed by atoms with van der Waals surface area (Å²) in [7, 11) is 1.56. The summed E-state index contributed by atoms with van der Waals surface area (Å²) in [6, 6.07) is 7.02. The van der Waals surface area contributed by atoms with Gasteiger partial charge in [0.2, 0.25) is 0 Å². The highest BCUT2D eigenvalue weighted by Crippen LogP contribution is 2.25. The minimum atomic E-state index is -0.947. The molecule has 0 aliphatic heterocycles. The molecule has 0 spiro atoms. The average molecular weight is 291 g/mol. The maximum Gasteiger partial charge on any atom is 0.337 e. The van der Waals surface area contributed by atoms with Crippen molar-refractivity contribution in [2.75, 3.05) is 12.4 Å². The van der Waals surface area contributed by atoms with Crippen LogP contribution in [0.2, 0.25) is 0 Å². The van der Waals surface area contributed by atoms with Crippen molar-refractivity contribution in [3.05, 3.63) is 45.6 Å². The van der Waals surface area contributed by atoms with Crippen LogP contribution in [0.1, 0.15) is 27.7 Å². The molecule has 2 rings (SSSR count). The lowest BCUT2D eigenvalue weighted by molar-refractivity contribution is 0.0698. The van der Waals surface area contributed by atoms with E-state index in [4.69, 9.17) is 4.74 Å². The van der Waals surface area contributed by atoms with E-state index in [1.54, 1.807) is 36.6 Å². The summed E-state index contributed by atoms with van der Waals surface area (Å²) in [5.74, 6) is -0.309. The number of carbonyl (C=O) groups is 1. The highest BCUT2D eigenvalue weighted by Gasteiger charge is 2.12. The number of carboxylic acid groups (broad SMARTS) is 1. The Balaban J connectivity index is 2.21. The molecule has 0 bridgehead atoms. The molecule has 0 unspecified atom stereocenters. The van der Waals surface area contributed by atoms with Crippen LogP contribution < -0.4 is 10.1 Å². The van der Waals surface area contributed by atoms with Gasteiger partial charge in [-0.25, -0.2) is 4.79 Å². The zero-order valence-electron chi connectivity index (χ0n) is 11.5. The number of anilines is 1. The number of nitrogens with one attached hydrogen (secondary N) is 1. The lowest BCUT2D eigenvalue weighted by atomic mass is 10.1. The molecule has 2 N–H and O–H groups in total. The van der Waals surface area contributed by atoms with Crippen LogP contribution in [-0.2, 0) is 13.0 Å². The summed E-state index contributed by atoms with van der Waals surface area (Å²) in [6.45, 7) is 2.73. The molecule has 0 saturated carbocycles. The molecule has 1 aromatic heterocycles. The van der Waals surface area contributed by atoms with Crippen molar-refractivity contribution in [1.29, 1.82) is 0 Å². The zero-order valence-corrected chi connectivity index (χ0v) is 12.3. The van der Waals surface area contributed by atoms with E-state index in [1.807, 2.05) is 0 Å². The number of aromatic carboxylic acids is 1. The molecule has 0 radical (unpaired) electrons. The maximum absolute atomic E-state index is 11.2. The van der Waals surface area contributed by atoms with Gasteiger partial charge in [-0.1, -0.05) is 6.92 Å². The lowest BCUT2D eigenvalue weighted by Gasteiger charge is -2.11. The molecule has 0 atom stereocenters. The van der Waals surface area contributed by atoms with Gasteiger partial charge in [0.1, 0.15) is 5.75 Å². The molecule has 0 fully saturated rings. The van der Waals surface area contributed by atoms with Crippen molar-refractivity contribution in [3.8, 4) is 5.75 Å². The number of benzene rings is 1. The normalized spacial score (nSPS) is 10.3. The third kappa shape index (κ3) is 3.11. The smallest absolute Gasteiger partial charge is 0.337 e. The van der Waals surface area contributed by atoms with Crippen molar-refractivity contribution < 1.29 is 14.6 Å². The first-order chi connectivity index (χ1) is 9.65. The first kappa shape index (κ1) is 14.4. The van der Waals surface area contributed by atoms with Crippen LogP contribution in [0.3, 0.4) is 0 Å². The van der Waals surface area contributed by atoms with E-state index in [2.05, 4.69) is 23.7 Å². The fourth-order valence-corrected chi connectivity index (χ4v) is 2.91. The Bertz CT molecular complexity index is 607. The highest BCUT2D eigenvalue weighted by atomic mass is 32.1. The van der Waals surface area contributed by atoms with E-state index in [0.717, 1.165) is 6.42 Å². The molecule has 4 nitrogen and oxygen atoms in total. The Morgan fingerprint density at radius 1 is 1.40 bits per heavy atom. The third-order valence-corrected chi connectivity index (χ3v) is 4.08. The number of aryl methyl sites for hydroxylation is 1. The quantitative estimate of drug-likeness (QED) is 0.853. The molecule has 20 heavy (non-hydrogen) atoms. The fourth-order valence-electron chi connectivity index (χ4n) is 2.00. The molecule has 0 amide bonds. The van der Waals surface area contributed by atoms with Gasteiger partial charge in [0.15, 0.2) is 0 Å². The second kappa shape index (κ2) is 6.43. The van der Waals surface area contributed by atoms with Crippen LogP contribution in [-0.4, -0.2) is 18.2 Å².